The van der Waals surface area contributed by atoms with E-state index < -0.39 is 62.0 Å². The quantitative estimate of drug-likeness (QED) is 0.298. The zero-order chi connectivity index (χ0) is 28.6. The van der Waals surface area contributed by atoms with E-state index in [4.69, 9.17) is 11.6 Å². The van der Waals surface area contributed by atoms with Crippen LogP contribution in [0.2, 0.25) is 5.02 Å². The van der Waals surface area contributed by atoms with E-state index >= 15 is 4.39 Å². The molecule has 15 heteroatoms. The summed E-state index contributed by atoms with van der Waals surface area (Å²) in [5, 5.41) is 1.16. The average molecular weight is 631 g/mol. The van der Waals surface area contributed by atoms with Crippen molar-refractivity contribution in [1.29, 1.82) is 0 Å². The van der Waals surface area contributed by atoms with Crippen LogP contribution in [0, 0.1) is 5.82 Å². The second-order valence-corrected chi connectivity index (χ2v) is 8.93. The number of rotatable bonds is 5. The lowest BCUT2D eigenvalue weighted by Gasteiger charge is -2.30. The average Bonchev–Trinajstić information content (AvgIpc) is 2.83. The van der Waals surface area contributed by atoms with Gasteiger partial charge < -0.3 is 10.2 Å². The van der Waals surface area contributed by atoms with Crippen molar-refractivity contribution in [3.05, 3.63) is 86.9 Å². The van der Waals surface area contributed by atoms with Gasteiger partial charge in [-0.15, -0.1) is 0 Å². The molecule has 0 saturated carbocycles. The van der Waals surface area contributed by atoms with E-state index in [0.29, 0.717) is 0 Å². The molecule has 0 saturated heterocycles. The number of amides is 2. The summed E-state index contributed by atoms with van der Waals surface area (Å²) in [7, 11) is 1.23. The van der Waals surface area contributed by atoms with Crippen LogP contribution in [-0.4, -0.2) is 36.2 Å². The van der Waals surface area contributed by atoms with Gasteiger partial charge in [-0.1, -0.05) is 17.7 Å². The van der Waals surface area contributed by atoms with Crippen LogP contribution in [-0.2, 0) is 5.67 Å². The Morgan fingerprint density at radius 3 is 2.16 bits per heavy atom. The van der Waals surface area contributed by atoms with E-state index in [1.54, 1.807) is 0 Å². The minimum atomic E-state index is -6.39. The van der Waals surface area contributed by atoms with Crippen LogP contribution in [0.3, 0.4) is 0 Å². The number of anilines is 2. The van der Waals surface area contributed by atoms with E-state index in [0.717, 1.165) is 11.0 Å². The van der Waals surface area contributed by atoms with E-state index in [1.807, 2.05) is 0 Å². The molecule has 0 unspecified atom stereocenters. The molecule has 1 N–H and O–H groups in total. The first-order chi connectivity index (χ1) is 17.5. The molecule has 38 heavy (non-hydrogen) atoms. The highest BCUT2D eigenvalue weighted by Gasteiger charge is 2.73. The first kappa shape index (κ1) is 29.3. The fourth-order valence-corrected chi connectivity index (χ4v) is 4.25. The van der Waals surface area contributed by atoms with Gasteiger partial charge in [-0.2, -0.15) is 26.3 Å². The Labute approximate surface area is 222 Å². The van der Waals surface area contributed by atoms with Gasteiger partial charge in [0, 0.05) is 29.5 Å². The summed E-state index contributed by atoms with van der Waals surface area (Å²) in [5.41, 5.74) is -9.08. The van der Waals surface area contributed by atoms with Crippen molar-refractivity contribution >= 4 is 50.7 Å². The Morgan fingerprint density at radius 2 is 1.63 bits per heavy atom. The molecular formula is C23H13BrClF8N3O2. The molecule has 202 valence electrons. The van der Waals surface area contributed by atoms with Crippen LogP contribution < -0.4 is 10.2 Å². The van der Waals surface area contributed by atoms with Crippen molar-refractivity contribution in [3.8, 4) is 0 Å². The largest absolute Gasteiger partial charge is 0.435 e. The monoisotopic (exact) mass is 629 g/mol. The summed E-state index contributed by atoms with van der Waals surface area (Å²) in [6.45, 7) is 0. The lowest BCUT2D eigenvalue weighted by Crippen LogP contribution is -2.50. The van der Waals surface area contributed by atoms with Crippen LogP contribution in [0.1, 0.15) is 26.3 Å². The first-order valence-electron chi connectivity index (χ1n) is 10.1. The van der Waals surface area contributed by atoms with Crippen LogP contribution in [0.4, 0.5) is 46.5 Å². The smallest absolute Gasteiger partial charge is 0.320 e. The summed E-state index contributed by atoms with van der Waals surface area (Å²) in [6.07, 6.45) is -10.1. The molecule has 0 fully saturated rings. The van der Waals surface area contributed by atoms with Crippen LogP contribution >= 0.6 is 27.5 Å². The zero-order valence-corrected chi connectivity index (χ0v) is 21.0. The Balaban J connectivity index is 1.96. The molecule has 0 atom stereocenters. The minimum absolute atomic E-state index is 0.0516. The molecule has 2 amide bonds. The fraction of sp³-hybridized carbons (Fsp3) is 0.174. The SMILES string of the molecule is CN(C(=O)c1cccnc1)c1cccc(C(=O)Nc2c(Cl)cc(C(F)(C(F)(F)F)C(F)(F)F)cc2Br)c1F. The molecule has 0 radical (unpaired) electrons. The summed E-state index contributed by atoms with van der Waals surface area (Å²) >= 11 is 8.48. The van der Waals surface area contributed by atoms with Crippen molar-refractivity contribution in [2.45, 2.75) is 18.0 Å². The van der Waals surface area contributed by atoms with Crippen molar-refractivity contribution in [1.82, 2.24) is 4.98 Å². The van der Waals surface area contributed by atoms with Gasteiger partial charge in [0.05, 0.1) is 27.5 Å². The molecule has 0 bridgehead atoms. The molecule has 0 aliphatic rings. The van der Waals surface area contributed by atoms with E-state index in [1.165, 1.54) is 43.7 Å². The van der Waals surface area contributed by atoms with Gasteiger partial charge in [-0.05, 0) is 52.3 Å². The highest BCUT2D eigenvalue weighted by Crippen LogP contribution is 2.54. The maximum atomic E-state index is 15.2. The first-order valence-corrected chi connectivity index (χ1v) is 11.3. The number of aromatic nitrogens is 1. The normalized spacial score (nSPS) is 12.3. The number of nitrogens with one attached hydrogen (secondary N) is 1. The molecule has 1 heterocycles. The topological polar surface area (TPSA) is 62.3 Å². The van der Waals surface area contributed by atoms with Gasteiger partial charge in [0.15, 0.2) is 5.82 Å². The lowest BCUT2D eigenvalue weighted by molar-refractivity contribution is -0.348. The summed E-state index contributed by atoms with van der Waals surface area (Å²) in [6, 6.07) is 6.52. The second-order valence-electron chi connectivity index (χ2n) is 7.67. The predicted octanol–water partition coefficient (Wildman–Crippen LogP) is 7.45. The summed E-state index contributed by atoms with van der Waals surface area (Å²) in [4.78, 5) is 30.1. The lowest BCUT2D eigenvalue weighted by atomic mass is 9.94. The van der Waals surface area contributed by atoms with Crippen LogP contribution in [0.25, 0.3) is 0 Å². The molecule has 1 aromatic heterocycles. The fourth-order valence-electron chi connectivity index (χ4n) is 3.31. The number of hydrogen-bond donors (Lipinski definition) is 1. The number of halogens is 10. The maximum Gasteiger partial charge on any atom is 0.435 e. The number of pyridine rings is 1. The molecule has 2 aromatic carbocycles. The Kier molecular flexibility index (Phi) is 8.08. The number of hydrogen-bond acceptors (Lipinski definition) is 3. The molecule has 3 rings (SSSR count). The Hall–Kier alpha value is -3.26. The highest BCUT2D eigenvalue weighted by atomic mass is 79.9. The van der Waals surface area contributed by atoms with Gasteiger partial charge >= 0.3 is 18.0 Å². The Bertz CT molecular complexity index is 1350. The van der Waals surface area contributed by atoms with Gasteiger partial charge in [0.25, 0.3) is 11.8 Å². The predicted molar refractivity (Wildman–Crippen MR) is 125 cm³/mol. The molecule has 0 spiro atoms. The molecule has 3 aromatic rings. The number of carbonyl (C=O) groups excluding carboxylic acids is 2. The minimum Gasteiger partial charge on any atom is -0.320 e. The van der Waals surface area contributed by atoms with Gasteiger partial charge in [0.1, 0.15) is 0 Å². The van der Waals surface area contributed by atoms with Crippen LogP contribution in [0.5, 0.6) is 0 Å². The van der Waals surface area contributed by atoms with Crippen molar-refractivity contribution < 1.29 is 44.7 Å². The maximum absolute atomic E-state index is 15.2. The standard InChI is InChI=1S/C23H13BrClF8N3O2/c1-36(20(38)11-4-3-7-34-10-11)16-6-2-5-13(17(16)26)19(37)35-18-14(24)8-12(9-15(18)25)21(27,22(28,29)30)23(31,32)33/h2-10H,1H3,(H,35,37). The van der Waals surface area contributed by atoms with Crippen molar-refractivity contribution in [3.63, 3.8) is 0 Å². The van der Waals surface area contributed by atoms with E-state index in [2.05, 4.69) is 26.2 Å². The van der Waals surface area contributed by atoms with E-state index in [-0.39, 0.29) is 23.4 Å². The second kappa shape index (κ2) is 10.5. The Morgan fingerprint density at radius 1 is 1.00 bits per heavy atom. The summed E-state index contributed by atoms with van der Waals surface area (Å²) in [5.74, 6) is -3.06. The third kappa shape index (κ3) is 5.32. The van der Waals surface area contributed by atoms with Gasteiger partial charge in [-0.25, -0.2) is 8.78 Å². The third-order valence-corrected chi connectivity index (χ3v) is 6.18. The summed E-state index contributed by atoms with van der Waals surface area (Å²) < 4.78 is 108. The van der Waals surface area contributed by atoms with Crippen molar-refractivity contribution in [2.75, 3.05) is 17.3 Å². The van der Waals surface area contributed by atoms with E-state index in [9.17, 15) is 40.3 Å². The van der Waals surface area contributed by atoms with Gasteiger partial charge in [0.2, 0.25) is 0 Å². The third-order valence-electron chi connectivity index (χ3n) is 5.26. The number of nitrogens with zero attached hydrogens (tertiary/aromatic N) is 2. The molecule has 0 aliphatic carbocycles. The number of carbonyl (C=O) groups is 2. The molecule has 0 aliphatic heterocycles. The number of benzene rings is 2. The van der Waals surface area contributed by atoms with Crippen molar-refractivity contribution in [2.24, 2.45) is 0 Å². The van der Waals surface area contributed by atoms with Gasteiger partial charge in [-0.3, -0.25) is 14.6 Å². The number of alkyl halides is 7. The molecule has 5 nitrogen and oxygen atoms in total. The zero-order valence-electron chi connectivity index (χ0n) is 18.7. The van der Waals surface area contributed by atoms with Crippen LogP contribution in [0.15, 0.2) is 59.3 Å². The highest BCUT2D eigenvalue weighted by molar-refractivity contribution is 9.10. The molecular weight excluding hydrogens is 618 g/mol.